The Morgan fingerprint density at radius 1 is 0.536 bits per heavy atom. The van der Waals surface area contributed by atoms with E-state index in [9.17, 15) is 36.6 Å². The second-order valence-electron chi connectivity index (χ2n) is 5.71. The Kier molecular flexibility index (Phi) is 4.66. The Labute approximate surface area is 153 Å². The summed E-state index contributed by atoms with van der Waals surface area (Å²) in [5.41, 5.74) is -5.81. The van der Waals surface area contributed by atoms with E-state index < -0.39 is 35.1 Å². The van der Waals surface area contributed by atoms with Crippen molar-refractivity contribution >= 4 is 0 Å². The quantitative estimate of drug-likeness (QED) is 0.576. The predicted molar refractivity (Wildman–Crippen MR) is 86.2 cm³/mol. The van der Waals surface area contributed by atoms with Gasteiger partial charge in [-0.15, -0.1) is 0 Å². The maximum atomic E-state index is 13.5. The minimum absolute atomic E-state index is 0.276. The summed E-state index contributed by atoms with van der Waals surface area (Å²) in [5.74, 6) is -0.552. The fourth-order valence-electron chi connectivity index (χ4n) is 2.47. The van der Waals surface area contributed by atoms with Gasteiger partial charge < -0.3 is 10.2 Å². The number of phenolic OH excluding ortho intramolecular Hbond substituents is 2. The van der Waals surface area contributed by atoms with Gasteiger partial charge >= 0.3 is 12.4 Å². The lowest BCUT2D eigenvalue weighted by molar-refractivity contribution is -0.145. The number of aromatic nitrogens is 2. The molecule has 0 unspecified atom stereocenters. The van der Waals surface area contributed by atoms with Crippen molar-refractivity contribution in [2.24, 2.45) is 0 Å². The Hall–Kier alpha value is -3.30. The zero-order valence-corrected chi connectivity index (χ0v) is 13.7. The molecule has 2 aromatic carbocycles. The van der Waals surface area contributed by atoms with Crippen molar-refractivity contribution in [3.05, 3.63) is 59.9 Å². The van der Waals surface area contributed by atoms with Crippen LogP contribution in [0.25, 0.3) is 22.5 Å². The second-order valence-corrected chi connectivity index (χ2v) is 5.71. The van der Waals surface area contributed by atoms with Gasteiger partial charge in [-0.1, -0.05) is 0 Å². The van der Waals surface area contributed by atoms with Crippen molar-refractivity contribution in [2.75, 3.05) is 0 Å². The van der Waals surface area contributed by atoms with E-state index in [1.807, 2.05) is 0 Å². The topological polar surface area (TPSA) is 66.2 Å². The first kappa shape index (κ1) is 19.5. The van der Waals surface area contributed by atoms with Gasteiger partial charge in [0.1, 0.15) is 22.9 Å². The van der Waals surface area contributed by atoms with E-state index in [-0.39, 0.29) is 22.6 Å². The van der Waals surface area contributed by atoms with Crippen molar-refractivity contribution in [3.8, 4) is 34.0 Å². The first-order valence-electron chi connectivity index (χ1n) is 7.62. The van der Waals surface area contributed by atoms with Gasteiger partial charge in [-0.2, -0.15) is 26.3 Å². The molecule has 28 heavy (non-hydrogen) atoms. The SMILES string of the molecule is Oc1ccc(-c2nc(C(F)(F)F)c(-c3ccc(O)cc3)nc2C(F)(F)F)cc1. The molecule has 146 valence electrons. The smallest absolute Gasteiger partial charge is 0.435 e. The van der Waals surface area contributed by atoms with E-state index >= 15 is 0 Å². The number of halogens is 6. The van der Waals surface area contributed by atoms with E-state index in [4.69, 9.17) is 0 Å². The summed E-state index contributed by atoms with van der Waals surface area (Å²) in [4.78, 5) is 6.51. The van der Waals surface area contributed by atoms with Gasteiger partial charge in [-0.3, -0.25) is 0 Å². The molecule has 0 spiro atoms. The Morgan fingerprint density at radius 3 is 1.07 bits per heavy atom. The summed E-state index contributed by atoms with van der Waals surface area (Å²) < 4.78 is 81.2. The van der Waals surface area contributed by atoms with Gasteiger partial charge in [0.15, 0.2) is 11.4 Å². The van der Waals surface area contributed by atoms with Crippen LogP contribution >= 0.6 is 0 Å². The fourth-order valence-corrected chi connectivity index (χ4v) is 2.47. The number of hydrogen-bond donors (Lipinski definition) is 2. The van der Waals surface area contributed by atoms with Crippen LogP contribution in [0.4, 0.5) is 26.3 Å². The molecule has 0 bridgehead atoms. The van der Waals surface area contributed by atoms with E-state index in [1.54, 1.807) is 0 Å². The van der Waals surface area contributed by atoms with Crippen LogP contribution in [0.5, 0.6) is 11.5 Å². The standard InChI is InChI=1S/C18H10F6N2O2/c19-17(20,21)15-13(9-1-5-11(27)6-2-9)25-16(18(22,23)24)14(26-15)10-3-7-12(28)8-4-10/h1-8,27-28H. The molecule has 0 aliphatic carbocycles. The van der Waals surface area contributed by atoms with Crippen LogP contribution in [0.3, 0.4) is 0 Å². The molecule has 3 aromatic rings. The van der Waals surface area contributed by atoms with Crippen molar-refractivity contribution in [2.45, 2.75) is 12.4 Å². The third-order valence-corrected chi connectivity index (χ3v) is 3.71. The third-order valence-electron chi connectivity index (χ3n) is 3.71. The normalized spacial score (nSPS) is 12.2. The molecule has 0 atom stereocenters. The van der Waals surface area contributed by atoms with Crippen molar-refractivity contribution in [1.29, 1.82) is 0 Å². The predicted octanol–water partition coefficient (Wildman–Crippen LogP) is 5.26. The highest BCUT2D eigenvalue weighted by Crippen LogP contribution is 2.41. The highest BCUT2D eigenvalue weighted by molar-refractivity contribution is 5.69. The highest BCUT2D eigenvalue weighted by Gasteiger charge is 2.43. The molecule has 3 rings (SSSR count). The molecule has 1 heterocycles. The van der Waals surface area contributed by atoms with Crippen LogP contribution in [0.15, 0.2) is 48.5 Å². The number of nitrogens with zero attached hydrogens (tertiary/aromatic N) is 2. The Bertz CT molecular complexity index is 914. The average Bonchev–Trinajstić information content (AvgIpc) is 2.60. The zero-order chi connectivity index (χ0) is 20.7. The number of hydrogen-bond acceptors (Lipinski definition) is 4. The number of benzene rings is 2. The highest BCUT2D eigenvalue weighted by atomic mass is 19.4. The Morgan fingerprint density at radius 2 is 0.821 bits per heavy atom. The second kappa shape index (κ2) is 6.70. The lowest BCUT2D eigenvalue weighted by atomic mass is 10.0. The third kappa shape index (κ3) is 3.85. The van der Waals surface area contributed by atoms with Gasteiger partial charge in [-0.05, 0) is 48.5 Å². The number of phenols is 2. The molecule has 1 aromatic heterocycles. The van der Waals surface area contributed by atoms with Crippen molar-refractivity contribution in [1.82, 2.24) is 9.97 Å². The minimum Gasteiger partial charge on any atom is -0.508 e. The van der Waals surface area contributed by atoms with Crippen LogP contribution in [-0.4, -0.2) is 20.2 Å². The van der Waals surface area contributed by atoms with E-state index in [0.717, 1.165) is 48.5 Å². The molecule has 10 heteroatoms. The minimum atomic E-state index is -5.09. The molecule has 0 saturated heterocycles. The van der Waals surface area contributed by atoms with Gasteiger partial charge in [0.25, 0.3) is 0 Å². The van der Waals surface area contributed by atoms with Crippen LogP contribution < -0.4 is 0 Å². The molecular formula is C18H10F6N2O2. The number of rotatable bonds is 2. The number of alkyl halides is 6. The van der Waals surface area contributed by atoms with Crippen LogP contribution in [-0.2, 0) is 12.4 Å². The summed E-state index contributed by atoms with van der Waals surface area (Å²) >= 11 is 0. The molecular weight excluding hydrogens is 390 g/mol. The van der Waals surface area contributed by atoms with Crippen LogP contribution in [0, 0.1) is 0 Å². The Balaban J connectivity index is 2.35. The molecule has 0 radical (unpaired) electrons. The number of aromatic hydroxyl groups is 2. The lowest BCUT2D eigenvalue weighted by Gasteiger charge is -2.18. The van der Waals surface area contributed by atoms with E-state index in [1.165, 1.54) is 0 Å². The molecule has 0 fully saturated rings. The largest absolute Gasteiger partial charge is 0.508 e. The molecule has 0 amide bonds. The lowest BCUT2D eigenvalue weighted by Crippen LogP contribution is -2.18. The summed E-state index contributed by atoms with van der Waals surface area (Å²) in [6, 6.07) is 8.14. The van der Waals surface area contributed by atoms with Crippen molar-refractivity contribution in [3.63, 3.8) is 0 Å². The maximum Gasteiger partial charge on any atom is 0.435 e. The van der Waals surface area contributed by atoms with Crippen LogP contribution in [0.1, 0.15) is 11.4 Å². The zero-order valence-electron chi connectivity index (χ0n) is 13.7. The summed E-state index contributed by atoms with van der Waals surface area (Å²) in [6.45, 7) is 0. The molecule has 2 N–H and O–H groups in total. The molecule has 0 saturated carbocycles. The maximum absolute atomic E-state index is 13.5. The molecule has 0 aliphatic heterocycles. The average molecular weight is 400 g/mol. The van der Waals surface area contributed by atoms with Gasteiger partial charge in [0.2, 0.25) is 0 Å². The summed E-state index contributed by atoms with van der Waals surface area (Å²) in [7, 11) is 0. The van der Waals surface area contributed by atoms with E-state index in [2.05, 4.69) is 9.97 Å². The molecule has 4 nitrogen and oxygen atoms in total. The first-order chi connectivity index (χ1) is 13.0. The summed E-state index contributed by atoms with van der Waals surface area (Å²) in [5, 5.41) is 18.5. The summed E-state index contributed by atoms with van der Waals surface area (Å²) in [6.07, 6.45) is -10.2. The molecule has 0 aliphatic rings. The fraction of sp³-hybridized carbons (Fsp3) is 0.111. The van der Waals surface area contributed by atoms with E-state index in [0.29, 0.717) is 0 Å². The van der Waals surface area contributed by atoms with Gasteiger partial charge in [0, 0.05) is 11.1 Å². The monoisotopic (exact) mass is 400 g/mol. The first-order valence-corrected chi connectivity index (χ1v) is 7.62. The van der Waals surface area contributed by atoms with Crippen molar-refractivity contribution < 1.29 is 36.6 Å². The van der Waals surface area contributed by atoms with Gasteiger partial charge in [-0.25, -0.2) is 9.97 Å². The van der Waals surface area contributed by atoms with Crippen LogP contribution in [0.2, 0.25) is 0 Å². The van der Waals surface area contributed by atoms with Gasteiger partial charge in [0.05, 0.1) is 0 Å².